The molecule has 0 aliphatic rings. The van der Waals surface area contributed by atoms with Crippen LogP contribution in [0.4, 0.5) is 5.69 Å². The normalized spacial score (nSPS) is 11.4. The zero-order valence-electron chi connectivity index (χ0n) is 12.8. The smallest absolute Gasteiger partial charge is 0.265 e. The second-order valence-electron chi connectivity index (χ2n) is 4.63. The summed E-state index contributed by atoms with van der Waals surface area (Å²) in [6, 6.07) is 14.4. The highest BCUT2D eigenvalue weighted by atomic mass is 16.5. The summed E-state index contributed by atoms with van der Waals surface area (Å²) in [4.78, 5) is 12.2. The topological polar surface area (TPSA) is 56.8 Å². The van der Waals surface area contributed by atoms with Crippen molar-refractivity contribution in [3.05, 3.63) is 48.5 Å². The third kappa shape index (κ3) is 3.91. The number of ether oxygens (including phenoxy) is 3. The number of benzene rings is 2. The van der Waals surface area contributed by atoms with Crippen LogP contribution in [0, 0.1) is 0 Å². The van der Waals surface area contributed by atoms with Crippen LogP contribution in [-0.2, 0) is 4.79 Å². The van der Waals surface area contributed by atoms with Gasteiger partial charge in [-0.05, 0) is 31.2 Å². The van der Waals surface area contributed by atoms with Gasteiger partial charge in [0, 0.05) is 11.8 Å². The first kappa shape index (κ1) is 15.7. The minimum absolute atomic E-state index is 0.240. The number of hydrogen-bond donors (Lipinski definition) is 1. The van der Waals surface area contributed by atoms with Gasteiger partial charge in [0.2, 0.25) is 0 Å². The zero-order valence-corrected chi connectivity index (χ0v) is 12.8. The first-order valence-corrected chi connectivity index (χ1v) is 6.88. The molecule has 1 N–H and O–H groups in total. The van der Waals surface area contributed by atoms with Gasteiger partial charge < -0.3 is 19.5 Å². The molecule has 2 aromatic carbocycles. The highest BCUT2D eigenvalue weighted by Gasteiger charge is 2.15. The summed E-state index contributed by atoms with van der Waals surface area (Å²) in [5, 5.41) is 2.79. The minimum atomic E-state index is -0.615. The van der Waals surface area contributed by atoms with Crippen LogP contribution in [0.2, 0.25) is 0 Å². The Hall–Kier alpha value is -2.69. The van der Waals surface area contributed by atoms with Crippen molar-refractivity contribution in [2.24, 2.45) is 0 Å². The SMILES string of the molecule is COc1ccc(NC(=O)[C@@H](C)Oc2ccccc2)cc1OC. The fraction of sp³-hybridized carbons (Fsp3) is 0.235. The van der Waals surface area contributed by atoms with Crippen LogP contribution in [0.3, 0.4) is 0 Å². The van der Waals surface area contributed by atoms with Crippen LogP contribution in [0.1, 0.15) is 6.92 Å². The van der Waals surface area contributed by atoms with Crippen LogP contribution >= 0.6 is 0 Å². The van der Waals surface area contributed by atoms with Crippen molar-refractivity contribution in [2.75, 3.05) is 19.5 Å². The van der Waals surface area contributed by atoms with Crippen LogP contribution < -0.4 is 19.5 Å². The molecule has 116 valence electrons. The van der Waals surface area contributed by atoms with Crippen molar-refractivity contribution in [1.29, 1.82) is 0 Å². The fourth-order valence-corrected chi connectivity index (χ4v) is 1.91. The van der Waals surface area contributed by atoms with E-state index in [2.05, 4.69) is 5.32 Å². The van der Waals surface area contributed by atoms with E-state index in [1.54, 1.807) is 51.5 Å². The molecule has 0 saturated carbocycles. The molecule has 1 amide bonds. The first-order valence-electron chi connectivity index (χ1n) is 6.88. The second kappa shape index (κ2) is 7.36. The summed E-state index contributed by atoms with van der Waals surface area (Å²) in [6.45, 7) is 1.70. The number of nitrogens with one attached hydrogen (secondary N) is 1. The van der Waals surface area contributed by atoms with Crippen molar-refractivity contribution < 1.29 is 19.0 Å². The molecule has 5 heteroatoms. The van der Waals surface area contributed by atoms with Gasteiger partial charge in [-0.2, -0.15) is 0 Å². The highest BCUT2D eigenvalue weighted by Crippen LogP contribution is 2.29. The Morgan fingerprint density at radius 1 is 1.00 bits per heavy atom. The van der Waals surface area contributed by atoms with Crippen LogP contribution in [0.15, 0.2) is 48.5 Å². The van der Waals surface area contributed by atoms with E-state index in [1.165, 1.54) is 0 Å². The molecule has 1 atom stereocenters. The van der Waals surface area contributed by atoms with Crippen LogP contribution in [0.25, 0.3) is 0 Å². The Morgan fingerprint density at radius 3 is 2.32 bits per heavy atom. The van der Waals surface area contributed by atoms with E-state index < -0.39 is 6.10 Å². The predicted molar refractivity (Wildman–Crippen MR) is 84.7 cm³/mol. The summed E-state index contributed by atoms with van der Waals surface area (Å²) in [6.07, 6.45) is -0.615. The Labute approximate surface area is 129 Å². The van der Waals surface area contributed by atoms with Gasteiger partial charge in [0.05, 0.1) is 14.2 Å². The van der Waals surface area contributed by atoms with Gasteiger partial charge in [0.1, 0.15) is 5.75 Å². The summed E-state index contributed by atoms with van der Waals surface area (Å²) >= 11 is 0. The van der Waals surface area contributed by atoms with Gasteiger partial charge in [0.15, 0.2) is 17.6 Å². The van der Waals surface area contributed by atoms with E-state index >= 15 is 0 Å². The Bertz CT molecular complexity index is 628. The van der Waals surface area contributed by atoms with Gasteiger partial charge >= 0.3 is 0 Å². The van der Waals surface area contributed by atoms with Gasteiger partial charge in [-0.3, -0.25) is 4.79 Å². The lowest BCUT2D eigenvalue weighted by atomic mass is 10.2. The molecular formula is C17H19NO4. The lowest BCUT2D eigenvalue weighted by molar-refractivity contribution is -0.122. The third-order valence-corrected chi connectivity index (χ3v) is 3.08. The standard InChI is InChI=1S/C17H19NO4/c1-12(22-14-7-5-4-6-8-14)17(19)18-13-9-10-15(20-2)16(11-13)21-3/h4-12H,1-3H3,(H,18,19)/t12-/m1/s1. The molecule has 2 aromatic rings. The van der Waals surface area contributed by atoms with Crippen LogP contribution in [-0.4, -0.2) is 26.2 Å². The molecule has 0 radical (unpaired) electrons. The summed E-state index contributed by atoms with van der Waals surface area (Å²) in [5.41, 5.74) is 0.617. The molecule has 0 aromatic heterocycles. The van der Waals surface area contributed by atoms with Gasteiger partial charge in [-0.25, -0.2) is 0 Å². The third-order valence-electron chi connectivity index (χ3n) is 3.08. The molecular weight excluding hydrogens is 282 g/mol. The molecule has 22 heavy (non-hydrogen) atoms. The first-order chi connectivity index (χ1) is 10.6. The van der Waals surface area contributed by atoms with E-state index in [0.717, 1.165) is 0 Å². The number of methoxy groups -OCH3 is 2. The lowest BCUT2D eigenvalue weighted by Crippen LogP contribution is -2.30. The Kier molecular flexibility index (Phi) is 5.25. The molecule has 2 rings (SSSR count). The maximum atomic E-state index is 12.2. The average Bonchev–Trinajstić information content (AvgIpc) is 2.55. The highest BCUT2D eigenvalue weighted by molar-refractivity contribution is 5.94. The van der Waals surface area contributed by atoms with Crippen molar-refractivity contribution >= 4 is 11.6 Å². The zero-order chi connectivity index (χ0) is 15.9. The van der Waals surface area contributed by atoms with Crippen molar-refractivity contribution in [3.8, 4) is 17.2 Å². The average molecular weight is 301 g/mol. The molecule has 0 saturated heterocycles. The molecule has 0 aliphatic carbocycles. The van der Waals surface area contributed by atoms with Gasteiger partial charge in [0.25, 0.3) is 5.91 Å². The molecule has 0 heterocycles. The number of carbonyl (C=O) groups excluding carboxylic acids is 1. The summed E-state index contributed by atoms with van der Waals surface area (Å²) in [5.74, 6) is 1.57. The predicted octanol–water partition coefficient (Wildman–Crippen LogP) is 3.11. The van der Waals surface area contributed by atoms with Crippen LogP contribution in [0.5, 0.6) is 17.2 Å². The van der Waals surface area contributed by atoms with E-state index in [0.29, 0.717) is 22.9 Å². The maximum absolute atomic E-state index is 12.2. The molecule has 0 unspecified atom stereocenters. The van der Waals surface area contributed by atoms with E-state index in [9.17, 15) is 4.79 Å². The number of hydrogen-bond acceptors (Lipinski definition) is 4. The summed E-state index contributed by atoms with van der Waals surface area (Å²) in [7, 11) is 3.11. The van der Waals surface area contributed by atoms with Crippen molar-refractivity contribution in [2.45, 2.75) is 13.0 Å². The minimum Gasteiger partial charge on any atom is -0.493 e. The number of para-hydroxylation sites is 1. The van der Waals surface area contributed by atoms with E-state index in [1.807, 2.05) is 18.2 Å². The van der Waals surface area contributed by atoms with E-state index in [4.69, 9.17) is 14.2 Å². The number of anilines is 1. The van der Waals surface area contributed by atoms with Gasteiger partial charge in [-0.1, -0.05) is 18.2 Å². The second-order valence-corrected chi connectivity index (χ2v) is 4.63. The fourth-order valence-electron chi connectivity index (χ4n) is 1.91. The quantitative estimate of drug-likeness (QED) is 0.890. The van der Waals surface area contributed by atoms with Gasteiger partial charge in [-0.15, -0.1) is 0 Å². The largest absolute Gasteiger partial charge is 0.493 e. The Morgan fingerprint density at radius 2 is 1.68 bits per heavy atom. The number of amides is 1. The molecule has 0 bridgehead atoms. The molecule has 0 aliphatic heterocycles. The Balaban J connectivity index is 2.02. The summed E-state index contributed by atoms with van der Waals surface area (Å²) < 4.78 is 15.9. The van der Waals surface area contributed by atoms with Crippen molar-refractivity contribution in [3.63, 3.8) is 0 Å². The number of carbonyl (C=O) groups is 1. The number of rotatable bonds is 6. The molecule has 0 fully saturated rings. The lowest BCUT2D eigenvalue weighted by Gasteiger charge is -2.15. The van der Waals surface area contributed by atoms with E-state index in [-0.39, 0.29) is 5.91 Å². The molecule has 5 nitrogen and oxygen atoms in total. The molecule has 0 spiro atoms. The maximum Gasteiger partial charge on any atom is 0.265 e. The van der Waals surface area contributed by atoms with Crippen molar-refractivity contribution in [1.82, 2.24) is 0 Å². The monoisotopic (exact) mass is 301 g/mol.